The van der Waals surface area contributed by atoms with Gasteiger partial charge in [0.1, 0.15) is 35.1 Å². The van der Waals surface area contributed by atoms with Gasteiger partial charge in [-0.2, -0.15) is 25.8 Å². The van der Waals surface area contributed by atoms with Gasteiger partial charge < -0.3 is 42.6 Å². The standard InChI is InChI=1S/C35H27N19O9/c1-13(38)23(47-49-27-19(9-36)11-41-52(27)21-5-15(29(55)56)3-16(6-21)30(57)58)25(39)43-33-44-34(46-35(63)45-33)54-26(40)24(14(2)51-54)48-50-28-20(10-37)12-42-53(28)22-7-17(31(59)60)4-18(8-22)32(61)62/h3-8,11-12,25H,39H2,1-2H3,(H10,38,40,41,42,43,44,45,46,49,50,51,55,56,57,58,59,60,61,62,63)/p+1. The lowest BCUT2D eigenvalue weighted by Crippen LogP contribution is -2.44. The first-order valence-corrected chi connectivity index (χ1v) is 17.3. The van der Waals surface area contributed by atoms with Crippen LogP contribution in [0.25, 0.3) is 17.3 Å². The molecule has 28 nitrogen and oxygen atoms in total. The first-order chi connectivity index (χ1) is 29.9. The van der Waals surface area contributed by atoms with E-state index in [1.54, 1.807) is 0 Å². The zero-order valence-corrected chi connectivity index (χ0v) is 32.0. The van der Waals surface area contributed by atoms with Crippen LogP contribution in [0.15, 0.2) is 68.9 Å². The van der Waals surface area contributed by atoms with Crippen molar-refractivity contribution in [2.24, 2.45) is 21.1 Å². The number of aromatic amines is 2. The molecule has 0 saturated carbocycles. The number of carboxylic acid groups (broad SMARTS) is 4. The second kappa shape index (κ2) is 17.1. The molecule has 0 fully saturated rings. The summed E-state index contributed by atoms with van der Waals surface area (Å²) in [4.78, 5) is 70.0. The summed E-state index contributed by atoms with van der Waals surface area (Å²) in [6.07, 6.45) is 0.792. The molecule has 1 unspecified atom stereocenters. The third-order valence-electron chi connectivity index (χ3n) is 8.52. The summed E-state index contributed by atoms with van der Waals surface area (Å²) >= 11 is 0. The molecule has 63 heavy (non-hydrogen) atoms. The van der Waals surface area contributed by atoms with Gasteiger partial charge in [0.25, 0.3) is 5.95 Å². The third kappa shape index (κ3) is 8.75. The fourth-order valence-corrected chi connectivity index (χ4v) is 5.62. The third-order valence-corrected chi connectivity index (χ3v) is 8.52. The first kappa shape index (κ1) is 42.6. The van der Waals surface area contributed by atoms with Crippen molar-refractivity contribution in [3.05, 3.63) is 98.4 Å². The number of aryl methyl sites for hydroxylation is 1. The van der Waals surface area contributed by atoms with Crippen LogP contribution in [0.5, 0.6) is 0 Å². The van der Waals surface area contributed by atoms with Crippen molar-refractivity contribution in [2.75, 3.05) is 16.5 Å². The lowest BCUT2D eigenvalue weighted by molar-refractivity contribution is -0.648. The highest BCUT2D eigenvalue weighted by Crippen LogP contribution is 2.30. The van der Waals surface area contributed by atoms with Crippen LogP contribution in [-0.4, -0.2) is 102 Å². The van der Waals surface area contributed by atoms with Gasteiger partial charge in [-0.1, -0.05) is 4.98 Å². The maximum Gasteiger partial charge on any atom is 0.415 e. The number of H-pyrrole nitrogens is 2. The topological polar surface area (TPSA) is 448 Å². The Labute approximate surface area is 349 Å². The molecule has 0 saturated heterocycles. The number of azo groups is 1. The van der Waals surface area contributed by atoms with Crippen molar-refractivity contribution >= 4 is 64.4 Å². The second-order valence-electron chi connectivity index (χ2n) is 12.8. The number of hydrazone groups is 1. The molecular formula is C35H28N19O9+. The summed E-state index contributed by atoms with van der Waals surface area (Å²) < 4.78 is 3.07. The molecule has 0 spiro atoms. The van der Waals surface area contributed by atoms with E-state index in [4.69, 9.17) is 16.9 Å². The maximum absolute atomic E-state index is 12.8. The quantitative estimate of drug-likeness (QED) is 0.0227. The van der Waals surface area contributed by atoms with Gasteiger partial charge in [0.05, 0.1) is 57.4 Å². The highest BCUT2D eigenvalue weighted by atomic mass is 16.4. The Morgan fingerprint density at radius 3 is 1.90 bits per heavy atom. The van der Waals surface area contributed by atoms with Crippen LogP contribution in [0.1, 0.15) is 65.2 Å². The molecule has 4 heterocycles. The number of nitrogens with one attached hydrogen (secondary N) is 5. The Bertz CT molecular complexity index is 3060. The van der Waals surface area contributed by atoms with Crippen molar-refractivity contribution in [3.8, 4) is 29.5 Å². The van der Waals surface area contributed by atoms with Gasteiger partial charge in [0, 0.05) is 0 Å². The number of aromatic nitrogens is 9. The van der Waals surface area contributed by atoms with E-state index in [1.165, 1.54) is 13.8 Å². The van der Waals surface area contributed by atoms with Crippen LogP contribution in [-0.2, 0) is 0 Å². The molecule has 0 radical (unpaired) electrons. The van der Waals surface area contributed by atoms with E-state index in [0.29, 0.717) is 0 Å². The van der Waals surface area contributed by atoms with Gasteiger partial charge in [-0.25, -0.2) is 33.3 Å². The number of hydrogen-bond donors (Lipinski definition) is 11. The summed E-state index contributed by atoms with van der Waals surface area (Å²) in [5, 5.41) is 92.0. The summed E-state index contributed by atoms with van der Waals surface area (Å²) in [5.74, 6) is -6.97. The minimum absolute atomic E-state index is 0.0444. The Kier molecular flexibility index (Phi) is 11.6. The predicted octanol–water partition coefficient (Wildman–Crippen LogP) is 1.19. The minimum atomic E-state index is -1.43. The van der Waals surface area contributed by atoms with Crippen molar-refractivity contribution in [1.29, 1.82) is 15.9 Å². The van der Waals surface area contributed by atoms with Crippen molar-refractivity contribution in [1.82, 2.24) is 39.6 Å². The second-order valence-corrected chi connectivity index (χ2v) is 12.8. The fraction of sp³-hybridized carbons (Fsp3) is 0.0857. The van der Waals surface area contributed by atoms with Gasteiger partial charge in [0.15, 0.2) is 17.3 Å². The first-order valence-electron chi connectivity index (χ1n) is 17.3. The Morgan fingerprint density at radius 2 is 1.38 bits per heavy atom. The Morgan fingerprint density at radius 1 is 0.857 bits per heavy atom. The van der Waals surface area contributed by atoms with Crippen molar-refractivity contribution < 1.29 is 44.3 Å². The van der Waals surface area contributed by atoms with Gasteiger partial charge in [-0.05, 0) is 55.2 Å². The number of nitrogens with zero attached hydrogens (tertiary/aromatic N) is 12. The molecule has 13 N–H and O–H groups in total. The number of anilines is 3. The van der Waals surface area contributed by atoms with E-state index < -0.39 is 35.7 Å². The molecule has 0 aliphatic carbocycles. The molecule has 4 aromatic heterocycles. The smallest absolute Gasteiger partial charge is 0.415 e. The number of aromatic carboxylic acids is 4. The summed E-state index contributed by atoms with van der Waals surface area (Å²) in [5.41, 5.74) is 12.2. The van der Waals surface area contributed by atoms with Crippen LogP contribution in [0.3, 0.4) is 0 Å². The monoisotopic (exact) mass is 858 g/mol. The van der Waals surface area contributed by atoms with E-state index in [0.717, 1.165) is 62.8 Å². The molecule has 6 aromatic rings. The highest BCUT2D eigenvalue weighted by molar-refractivity contribution is 6.42. The van der Waals surface area contributed by atoms with E-state index in [2.05, 4.69) is 56.3 Å². The molecule has 2 aromatic carbocycles. The average Bonchev–Trinajstić information content (AvgIpc) is 3.93. The molecule has 1 atom stereocenters. The summed E-state index contributed by atoms with van der Waals surface area (Å²) in [7, 11) is 0. The number of nitrogens with two attached hydrogens (primary N) is 2. The lowest BCUT2D eigenvalue weighted by atomic mass is 10.1. The zero-order chi connectivity index (χ0) is 45.9. The van der Waals surface area contributed by atoms with Crippen molar-refractivity contribution in [2.45, 2.75) is 20.0 Å². The number of nitrogen functional groups attached to an aromatic ring is 1. The van der Waals surface area contributed by atoms with Gasteiger partial charge in [0.2, 0.25) is 5.82 Å². The number of rotatable bonds is 15. The average molecular weight is 859 g/mol. The molecule has 0 aliphatic rings. The van der Waals surface area contributed by atoms with E-state index in [1.807, 2.05) is 12.1 Å². The van der Waals surface area contributed by atoms with Crippen LogP contribution in [0.2, 0.25) is 0 Å². The fourth-order valence-electron chi connectivity index (χ4n) is 5.62. The molecule has 6 rings (SSSR count). The maximum atomic E-state index is 12.8. The predicted molar refractivity (Wildman–Crippen MR) is 212 cm³/mol. The number of benzene rings is 2. The summed E-state index contributed by atoms with van der Waals surface area (Å²) in [6, 6.07) is 10.1. The number of carbonyl (C=O) groups is 4. The highest BCUT2D eigenvalue weighted by Gasteiger charge is 2.26. The van der Waals surface area contributed by atoms with E-state index in [9.17, 15) is 54.9 Å². The minimum Gasteiger partial charge on any atom is -0.478 e. The molecule has 0 amide bonds. The van der Waals surface area contributed by atoms with Crippen LogP contribution < -0.4 is 32.6 Å². The van der Waals surface area contributed by atoms with Gasteiger partial charge in [-0.15, -0.1) is 14.9 Å². The Balaban J connectivity index is 1.30. The molecule has 0 bridgehead atoms. The molecular weight excluding hydrogens is 831 g/mol. The Hall–Kier alpha value is -9.96. The SMILES string of the molecule is CC(=N)C(=NNc1c(C#N)cnn1-c1cc(C(=O)O)cc(C(=O)O)c1)C(N)Nc1nc(-[n+]2[nH]c(C)c(N=Nc3c(C#N)cnn3-c3cc(C(=O)O)cc(C(=O)O)c3)c2N)nc(=O)[nH]1. The lowest BCUT2D eigenvalue weighted by Gasteiger charge is -2.16. The van der Waals surface area contributed by atoms with Crippen LogP contribution >= 0.6 is 0 Å². The van der Waals surface area contributed by atoms with Gasteiger partial charge >= 0.3 is 35.5 Å². The number of nitriles is 2. The molecule has 0 aliphatic heterocycles. The number of hydrogen-bond acceptors (Lipinski definition) is 19. The van der Waals surface area contributed by atoms with E-state index in [-0.39, 0.29) is 96.9 Å². The van der Waals surface area contributed by atoms with Crippen LogP contribution in [0.4, 0.5) is 29.1 Å². The normalized spacial score (nSPS) is 11.7. The van der Waals surface area contributed by atoms with Crippen LogP contribution in [0, 0.1) is 35.0 Å². The van der Waals surface area contributed by atoms with Crippen molar-refractivity contribution in [3.63, 3.8) is 0 Å². The van der Waals surface area contributed by atoms with E-state index >= 15 is 0 Å². The zero-order valence-electron chi connectivity index (χ0n) is 32.0. The largest absolute Gasteiger partial charge is 0.478 e. The van der Waals surface area contributed by atoms with Gasteiger partial charge in [-0.3, -0.25) is 15.5 Å². The summed E-state index contributed by atoms with van der Waals surface area (Å²) in [6.45, 7) is 2.83. The number of carboxylic acids is 4. The molecule has 316 valence electrons. The molecule has 28 heteroatoms.